The van der Waals surface area contributed by atoms with Crippen LogP contribution in [0.1, 0.15) is 40.3 Å². The summed E-state index contributed by atoms with van der Waals surface area (Å²) in [6.45, 7) is 7.69. The highest BCUT2D eigenvalue weighted by molar-refractivity contribution is 6.05. The van der Waals surface area contributed by atoms with Crippen LogP contribution in [0.4, 0.5) is 11.4 Å². The fourth-order valence-electron chi connectivity index (χ4n) is 3.94. The number of nitrogen functional groups attached to an aromatic ring is 1. The van der Waals surface area contributed by atoms with E-state index in [2.05, 4.69) is 35.4 Å². The van der Waals surface area contributed by atoms with E-state index in [9.17, 15) is 9.59 Å². The normalized spacial score (nSPS) is 11.0. The lowest BCUT2D eigenvalue weighted by atomic mass is 10.1. The molecule has 37 heavy (non-hydrogen) atoms. The number of carbonyl (C=O) groups is 2. The maximum Gasteiger partial charge on any atom is 0.287 e. The van der Waals surface area contributed by atoms with Crippen LogP contribution in [0.25, 0.3) is 11.0 Å². The number of hydrogen-bond acceptors (Lipinski definition) is 6. The van der Waals surface area contributed by atoms with Gasteiger partial charge in [-0.05, 0) is 73.3 Å². The zero-order chi connectivity index (χ0) is 26.2. The quantitative estimate of drug-likeness (QED) is 0.199. The van der Waals surface area contributed by atoms with Crippen LogP contribution in [0.2, 0.25) is 0 Å². The molecule has 0 saturated heterocycles. The molecule has 8 heteroatoms. The van der Waals surface area contributed by atoms with Gasteiger partial charge < -0.3 is 25.5 Å². The number of fused-ring (bicyclic) bond motifs is 1. The predicted molar refractivity (Wildman–Crippen MR) is 146 cm³/mol. The lowest BCUT2D eigenvalue weighted by molar-refractivity contribution is 0.0921. The van der Waals surface area contributed by atoms with Gasteiger partial charge in [-0.25, -0.2) is 0 Å². The Kier molecular flexibility index (Phi) is 8.43. The van der Waals surface area contributed by atoms with E-state index >= 15 is 0 Å². The number of benzene rings is 3. The molecule has 0 aliphatic heterocycles. The van der Waals surface area contributed by atoms with Crippen molar-refractivity contribution in [3.8, 4) is 5.75 Å². The van der Waals surface area contributed by atoms with Crippen molar-refractivity contribution >= 4 is 34.2 Å². The minimum atomic E-state index is -0.294. The zero-order valence-corrected chi connectivity index (χ0v) is 21.1. The Morgan fingerprint density at radius 3 is 2.43 bits per heavy atom. The summed E-state index contributed by atoms with van der Waals surface area (Å²) in [5, 5.41) is 6.51. The largest absolute Gasteiger partial charge is 0.492 e. The van der Waals surface area contributed by atoms with Gasteiger partial charge in [0.25, 0.3) is 11.8 Å². The third-order valence-electron chi connectivity index (χ3n) is 6.09. The highest BCUT2D eigenvalue weighted by Gasteiger charge is 2.13. The first kappa shape index (κ1) is 25.8. The number of furan rings is 1. The predicted octanol–water partition coefficient (Wildman–Crippen LogP) is 4.92. The number of hydrogen-bond donors (Lipinski definition) is 3. The Morgan fingerprint density at radius 2 is 1.70 bits per heavy atom. The van der Waals surface area contributed by atoms with Crippen LogP contribution in [0.5, 0.6) is 5.75 Å². The van der Waals surface area contributed by atoms with Crippen molar-refractivity contribution in [1.29, 1.82) is 0 Å². The molecule has 8 nitrogen and oxygen atoms in total. The summed E-state index contributed by atoms with van der Waals surface area (Å²) in [5.74, 6) is 0.305. The van der Waals surface area contributed by atoms with Gasteiger partial charge in [-0.2, -0.15) is 0 Å². The molecule has 0 fully saturated rings. The standard InChI is InChI=1S/C29H32N4O4/c1-3-33(4-2)19-20-9-14-26-22(17-20)18-27(37-26)29(35)31-15-16-36-23-12-10-21(11-13-23)28(34)32-25-8-6-5-7-24(25)30/h5-14,17-18H,3-4,15-16,19,30H2,1-2H3,(H,31,35)(H,32,34). The van der Waals surface area contributed by atoms with Crippen LogP contribution in [0.15, 0.2) is 77.2 Å². The molecule has 4 rings (SSSR count). The topological polar surface area (TPSA) is 110 Å². The SMILES string of the molecule is CCN(CC)Cc1ccc2oc(C(=O)NCCOc3ccc(C(=O)Nc4ccccc4N)cc3)cc2c1. The first-order valence-corrected chi connectivity index (χ1v) is 12.4. The number of para-hydroxylation sites is 2. The van der Waals surface area contributed by atoms with Crippen molar-refractivity contribution in [2.45, 2.75) is 20.4 Å². The van der Waals surface area contributed by atoms with Gasteiger partial charge in [-0.3, -0.25) is 14.5 Å². The van der Waals surface area contributed by atoms with Crippen molar-refractivity contribution in [3.63, 3.8) is 0 Å². The Balaban J connectivity index is 1.25. The molecule has 192 valence electrons. The van der Waals surface area contributed by atoms with Crippen LogP contribution in [-0.2, 0) is 6.54 Å². The van der Waals surface area contributed by atoms with Gasteiger partial charge in [0.2, 0.25) is 0 Å². The molecule has 2 amide bonds. The van der Waals surface area contributed by atoms with Gasteiger partial charge in [0.15, 0.2) is 5.76 Å². The molecule has 1 heterocycles. The minimum absolute atomic E-state index is 0.261. The van der Waals surface area contributed by atoms with Gasteiger partial charge >= 0.3 is 0 Å². The third-order valence-corrected chi connectivity index (χ3v) is 6.09. The molecule has 1 aromatic heterocycles. The van der Waals surface area contributed by atoms with E-state index in [0.717, 1.165) is 25.0 Å². The summed E-state index contributed by atoms with van der Waals surface area (Å²) in [6.07, 6.45) is 0. The third kappa shape index (κ3) is 6.68. The second-order valence-electron chi connectivity index (χ2n) is 8.61. The number of nitrogens with zero attached hydrogens (tertiary/aromatic N) is 1. The summed E-state index contributed by atoms with van der Waals surface area (Å²) < 4.78 is 11.4. The Bertz CT molecular complexity index is 1360. The monoisotopic (exact) mass is 500 g/mol. The van der Waals surface area contributed by atoms with Crippen molar-refractivity contribution in [2.24, 2.45) is 0 Å². The van der Waals surface area contributed by atoms with Crippen molar-refractivity contribution in [1.82, 2.24) is 10.2 Å². The Hall–Kier alpha value is -4.30. The molecule has 4 N–H and O–H groups in total. The maximum absolute atomic E-state index is 12.6. The van der Waals surface area contributed by atoms with Gasteiger partial charge in [-0.1, -0.05) is 32.0 Å². The van der Waals surface area contributed by atoms with E-state index in [1.807, 2.05) is 12.1 Å². The Labute approximate surface area is 216 Å². The van der Waals surface area contributed by atoms with Gasteiger partial charge in [0, 0.05) is 17.5 Å². The van der Waals surface area contributed by atoms with E-state index in [-0.39, 0.29) is 24.2 Å². The molecule has 0 aliphatic carbocycles. The zero-order valence-electron chi connectivity index (χ0n) is 21.1. The van der Waals surface area contributed by atoms with E-state index in [0.29, 0.717) is 34.8 Å². The molecule has 0 aliphatic rings. The van der Waals surface area contributed by atoms with Crippen molar-refractivity contribution in [2.75, 3.05) is 37.3 Å². The summed E-state index contributed by atoms with van der Waals surface area (Å²) in [6, 6.07) is 21.6. The fourth-order valence-corrected chi connectivity index (χ4v) is 3.94. The number of anilines is 2. The van der Waals surface area contributed by atoms with Gasteiger partial charge in [0.1, 0.15) is 17.9 Å². The molecule has 0 unspecified atom stereocenters. The smallest absolute Gasteiger partial charge is 0.287 e. The number of amides is 2. The molecule has 4 aromatic rings. The number of carbonyl (C=O) groups excluding carboxylic acids is 2. The lowest BCUT2D eigenvalue weighted by Gasteiger charge is -2.17. The number of rotatable bonds is 11. The van der Waals surface area contributed by atoms with E-state index < -0.39 is 0 Å². The first-order chi connectivity index (χ1) is 18.0. The van der Waals surface area contributed by atoms with Crippen LogP contribution in [-0.4, -0.2) is 43.0 Å². The highest BCUT2D eigenvalue weighted by atomic mass is 16.5. The van der Waals surface area contributed by atoms with Crippen molar-refractivity contribution < 1.29 is 18.7 Å². The average Bonchev–Trinajstić information content (AvgIpc) is 3.35. The molecular weight excluding hydrogens is 468 g/mol. The summed E-state index contributed by atoms with van der Waals surface area (Å²) in [4.78, 5) is 27.3. The van der Waals surface area contributed by atoms with Gasteiger partial charge in [-0.15, -0.1) is 0 Å². The van der Waals surface area contributed by atoms with Crippen LogP contribution >= 0.6 is 0 Å². The number of nitrogens with two attached hydrogens (primary N) is 1. The molecular formula is C29H32N4O4. The van der Waals surface area contributed by atoms with Crippen LogP contribution in [0, 0.1) is 0 Å². The molecule has 0 atom stereocenters. The van der Waals surface area contributed by atoms with Crippen molar-refractivity contribution in [3.05, 3.63) is 89.7 Å². The van der Waals surface area contributed by atoms with E-state index in [4.69, 9.17) is 14.9 Å². The molecule has 0 bridgehead atoms. The lowest BCUT2D eigenvalue weighted by Crippen LogP contribution is -2.27. The van der Waals surface area contributed by atoms with Crippen LogP contribution in [0.3, 0.4) is 0 Å². The highest BCUT2D eigenvalue weighted by Crippen LogP contribution is 2.22. The number of ether oxygens (including phenoxy) is 1. The molecule has 0 radical (unpaired) electrons. The van der Waals surface area contributed by atoms with Gasteiger partial charge in [0.05, 0.1) is 17.9 Å². The second kappa shape index (κ2) is 12.1. The maximum atomic E-state index is 12.6. The summed E-state index contributed by atoms with van der Waals surface area (Å²) in [5.41, 5.74) is 9.29. The fraction of sp³-hybridized carbons (Fsp3) is 0.241. The average molecular weight is 501 g/mol. The van der Waals surface area contributed by atoms with E-state index in [1.165, 1.54) is 5.56 Å². The molecule has 3 aromatic carbocycles. The first-order valence-electron chi connectivity index (χ1n) is 12.4. The summed E-state index contributed by atoms with van der Waals surface area (Å²) in [7, 11) is 0. The van der Waals surface area contributed by atoms with Crippen LogP contribution < -0.4 is 21.1 Å². The summed E-state index contributed by atoms with van der Waals surface area (Å²) >= 11 is 0. The second-order valence-corrected chi connectivity index (χ2v) is 8.61. The number of nitrogens with one attached hydrogen (secondary N) is 2. The molecule has 0 saturated carbocycles. The molecule has 0 spiro atoms. The Morgan fingerprint density at radius 1 is 0.946 bits per heavy atom. The van der Waals surface area contributed by atoms with E-state index in [1.54, 1.807) is 54.6 Å². The minimum Gasteiger partial charge on any atom is -0.492 e.